The fraction of sp³-hybridized carbons (Fsp3) is 0.850. The van der Waals surface area contributed by atoms with E-state index in [2.05, 4.69) is 13.5 Å². The van der Waals surface area contributed by atoms with E-state index in [0.29, 0.717) is 6.42 Å². The fourth-order valence-electron chi connectivity index (χ4n) is 7.73. The van der Waals surface area contributed by atoms with Crippen LogP contribution in [0.4, 0.5) is 0 Å². The maximum absolute atomic E-state index is 12.1. The standard InChI is InChI=1S/C20H30O4/c1-11-12-9-13(21)15-18(2)6-4-7-19(3,17(23)24)14(18)5-8-20(15,10-12)16(11)22/h12-16,21-22H,1,4-10H2,2-3H3,(H,23,24)/t12-,13-,14+,15+,16+,18-,19+,20-/m1/s1. The summed E-state index contributed by atoms with van der Waals surface area (Å²) >= 11 is 0. The molecule has 4 aliphatic carbocycles. The Kier molecular flexibility index (Phi) is 3.35. The zero-order valence-corrected chi connectivity index (χ0v) is 14.8. The molecule has 0 radical (unpaired) electrons. The smallest absolute Gasteiger partial charge is 0.309 e. The minimum absolute atomic E-state index is 0.0202. The van der Waals surface area contributed by atoms with Crippen LogP contribution in [-0.2, 0) is 4.79 Å². The SMILES string of the molecule is C=C1[C@@H]2C[C@@H](O)[C@H]3[C@]4(C)CCC[C@](C)(C(=O)O)[C@H]4CC[C@]3(C2)[C@H]1O. The van der Waals surface area contributed by atoms with Crippen LogP contribution in [0.25, 0.3) is 0 Å². The van der Waals surface area contributed by atoms with Crippen LogP contribution in [0.3, 0.4) is 0 Å². The van der Waals surface area contributed by atoms with Crippen LogP contribution in [0.1, 0.15) is 58.8 Å². The molecule has 0 saturated heterocycles. The highest BCUT2D eigenvalue weighted by atomic mass is 16.4. The molecule has 0 aromatic heterocycles. The van der Waals surface area contributed by atoms with E-state index in [1.807, 2.05) is 6.92 Å². The molecule has 0 amide bonds. The predicted octanol–water partition coefficient (Wildman–Crippen LogP) is 2.98. The van der Waals surface area contributed by atoms with E-state index in [-0.39, 0.29) is 28.6 Å². The van der Waals surface area contributed by atoms with Gasteiger partial charge in [-0.15, -0.1) is 0 Å². The quantitative estimate of drug-likeness (QED) is 0.644. The summed E-state index contributed by atoms with van der Waals surface area (Å²) in [7, 11) is 0. The van der Waals surface area contributed by atoms with Gasteiger partial charge in [0, 0.05) is 5.41 Å². The zero-order chi connectivity index (χ0) is 17.5. The number of carboxylic acids is 1. The lowest BCUT2D eigenvalue weighted by Crippen LogP contribution is -2.63. The molecule has 3 N–H and O–H groups in total. The van der Waals surface area contributed by atoms with Crippen LogP contribution in [0, 0.1) is 34.0 Å². The summed E-state index contributed by atoms with van der Waals surface area (Å²) in [6.07, 6.45) is 4.80. The molecule has 1 spiro atoms. The molecule has 4 nitrogen and oxygen atoms in total. The molecule has 4 saturated carbocycles. The van der Waals surface area contributed by atoms with Crippen LogP contribution in [0.15, 0.2) is 12.2 Å². The molecule has 134 valence electrons. The average molecular weight is 334 g/mol. The Hall–Kier alpha value is -0.870. The van der Waals surface area contributed by atoms with Crippen LogP contribution in [0.2, 0.25) is 0 Å². The largest absolute Gasteiger partial charge is 0.481 e. The second kappa shape index (κ2) is 4.85. The van der Waals surface area contributed by atoms with Gasteiger partial charge in [-0.3, -0.25) is 4.79 Å². The summed E-state index contributed by atoms with van der Waals surface area (Å²) in [5.74, 6) is -0.429. The molecule has 0 unspecified atom stereocenters. The Balaban J connectivity index is 1.82. The summed E-state index contributed by atoms with van der Waals surface area (Å²) in [6.45, 7) is 8.22. The molecule has 0 aliphatic heterocycles. The van der Waals surface area contributed by atoms with Crippen molar-refractivity contribution in [1.29, 1.82) is 0 Å². The summed E-state index contributed by atoms with van der Waals surface area (Å²) in [6, 6.07) is 0. The third-order valence-corrected chi connectivity index (χ3v) is 8.65. The van der Waals surface area contributed by atoms with E-state index in [1.54, 1.807) is 0 Å². The van der Waals surface area contributed by atoms with Crippen molar-refractivity contribution in [2.75, 3.05) is 0 Å². The van der Waals surface area contributed by atoms with Crippen molar-refractivity contribution in [1.82, 2.24) is 0 Å². The first-order valence-corrected chi connectivity index (χ1v) is 9.45. The van der Waals surface area contributed by atoms with Crippen LogP contribution < -0.4 is 0 Å². The minimum atomic E-state index is -0.717. The summed E-state index contributed by atoms with van der Waals surface area (Å²) in [5.41, 5.74) is -0.331. The van der Waals surface area contributed by atoms with Crippen molar-refractivity contribution >= 4 is 5.97 Å². The molecular formula is C20H30O4. The first kappa shape index (κ1) is 16.6. The number of carboxylic acid groups (broad SMARTS) is 1. The lowest BCUT2D eigenvalue weighted by molar-refractivity contribution is -0.212. The number of aliphatic hydroxyl groups is 2. The number of aliphatic carboxylic acids is 1. The predicted molar refractivity (Wildman–Crippen MR) is 90.2 cm³/mol. The first-order chi connectivity index (χ1) is 11.2. The maximum Gasteiger partial charge on any atom is 0.309 e. The van der Waals surface area contributed by atoms with Gasteiger partial charge in [-0.25, -0.2) is 0 Å². The van der Waals surface area contributed by atoms with Gasteiger partial charge in [0.2, 0.25) is 0 Å². The van der Waals surface area contributed by atoms with Crippen molar-refractivity contribution in [2.45, 2.75) is 71.0 Å². The Bertz CT molecular complexity index is 600. The van der Waals surface area contributed by atoms with E-state index < -0.39 is 23.6 Å². The summed E-state index contributed by atoms with van der Waals surface area (Å²) in [4.78, 5) is 12.1. The number of aliphatic hydroxyl groups excluding tert-OH is 2. The van der Waals surface area contributed by atoms with Gasteiger partial charge in [0.15, 0.2) is 0 Å². The summed E-state index contributed by atoms with van der Waals surface area (Å²) < 4.78 is 0. The van der Waals surface area contributed by atoms with E-state index in [4.69, 9.17) is 0 Å². The van der Waals surface area contributed by atoms with E-state index >= 15 is 0 Å². The normalized spacial score (nSPS) is 56.5. The van der Waals surface area contributed by atoms with Gasteiger partial charge < -0.3 is 15.3 Å². The van der Waals surface area contributed by atoms with Gasteiger partial charge in [-0.2, -0.15) is 0 Å². The molecule has 24 heavy (non-hydrogen) atoms. The van der Waals surface area contributed by atoms with Crippen LogP contribution in [0.5, 0.6) is 0 Å². The Morgan fingerprint density at radius 3 is 2.58 bits per heavy atom. The molecule has 4 heteroatoms. The summed E-state index contributed by atoms with van der Waals surface area (Å²) in [5, 5.41) is 31.9. The van der Waals surface area contributed by atoms with E-state index in [9.17, 15) is 20.1 Å². The highest BCUT2D eigenvalue weighted by Crippen LogP contribution is 2.72. The molecule has 4 fully saturated rings. The third-order valence-electron chi connectivity index (χ3n) is 8.65. The highest BCUT2D eigenvalue weighted by Gasteiger charge is 2.69. The average Bonchev–Trinajstić information content (AvgIpc) is 2.68. The number of hydrogen-bond donors (Lipinski definition) is 3. The second-order valence-electron chi connectivity index (χ2n) is 9.57. The monoisotopic (exact) mass is 334 g/mol. The van der Waals surface area contributed by atoms with Crippen LogP contribution in [-0.4, -0.2) is 33.5 Å². The maximum atomic E-state index is 12.1. The van der Waals surface area contributed by atoms with E-state index in [0.717, 1.165) is 44.1 Å². The lowest BCUT2D eigenvalue weighted by atomic mass is 9.40. The molecular weight excluding hydrogens is 304 g/mol. The number of rotatable bonds is 1. The van der Waals surface area contributed by atoms with Crippen molar-refractivity contribution < 1.29 is 20.1 Å². The van der Waals surface area contributed by atoms with Crippen molar-refractivity contribution in [3.63, 3.8) is 0 Å². The minimum Gasteiger partial charge on any atom is -0.481 e. The molecule has 0 aromatic rings. The van der Waals surface area contributed by atoms with Gasteiger partial charge in [-0.05, 0) is 74.2 Å². The number of fused-ring (bicyclic) bond motifs is 3. The third kappa shape index (κ3) is 1.74. The van der Waals surface area contributed by atoms with Gasteiger partial charge in [0.25, 0.3) is 0 Å². The molecule has 2 bridgehead atoms. The van der Waals surface area contributed by atoms with Gasteiger partial charge in [0.1, 0.15) is 0 Å². The molecule has 0 heterocycles. The van der Waals surface area contributed by atoms with Crippen molar-refractivity contribution in [3.8, 4) is 0 Å². The number of carbonyl (C=O) groups is 1. The van der Waals surface area contributed by atoms with Crippen LogP contribution >= 0.6 is 0 Å². The first-order valence-electron chi connectivity index (χ1n) is 9.45. The lowest BCUT2D eigenvalue weighted by Gasteiger charge is -2.64. The van der Waals surface area contributed by atoms with Crippen molar-refractivity contribution in [3.05, 3.63) is 12.2 Å². The van der Waals surface area contributed by atoms with Gasteiger partial charge in [0.05, 0.1) is 17.6 Å². The Morgan fingerprint density at radius 2 is 1.92 bits per heavy atom. The second-order valence-corrected chi connectivity index (χ2v) is 9.57. The molecule has 4 rings (SSSR count). The Morgan fingerprint density at radius 1 is 1.21 bits per heavy atom. The van der Waals surface area contributed by atoms with Gasteiger partial charge >= 0.3 is 5.97 Å². The molecule has 4 aliphatic rings. The number of hydrogen-bond acceptors (Lipinski definition) is 3. The van der Waals surface area contributed by atoms with E-state index in [1.165, 1.54) is 0 Å². The van der Waals surface area contributed by atoms with Crippen molar-refractivity contribution in [2.24, 2.45) is 34.0 Å². The molecule has 8 atom stereocenters. The van der Waals surface area contributed by atoms with Gasteiger partial charge in [-0.1, -0.05) is 19.9 Å². The Labute approximate surface area is 144 Å². The highest BCUT2D eigenvalue weighted by molar-refractivity contribution is 5.75. The fourth-order valence-corrected chi connectivity index (χ4v) is 7.73. The molecule has 0 aromatic carbocycles. The topological polar surface area (TPSA) is 77.8 Å². The zero-order valence-electron chi connectivity index (χ0n) is 14.8.